The van der Waals surface area contributed by atoms with Crippen LogP contribution in [0, 0.1) is 0 Å². The second kappa shape index (κ2) is 15.3. The average molecular weight is 315 g/mol. The lowest BCUT2D eigenvalue weighted by Gasteiger charge is -2.24. The van der Waals surface area contributed by atoms with Crippen LogP contribution in [0.4, 0.5) is 0 Å². The second-order valence-corrected chi connectivity index (χ2v) is 6.26. The summed E-state index contributed by atoms with van der Waals surface area (Å²) in [6, 6.07) is 0. The lowest BCUT2D eigenvalue weighted by atomic mass is 10.1. The number of likely N-dealkylation sites (N-methyl/N-ethyl adjacent to an activating group) is 1. The molecule has 4 nitrogen and oxygen atoms in total. The van der Waals surface area contributed by atoms with Gasteiger partial charge >= 0.3 is 5.97 Å². The van der Waals surface area contributed by atoms with E-state index in [2.05, 4.69) is 25.8 Å². The molecule has 0 aliphatic rings. The maximum atomic E-state index is 11.9. The molecule has 0 amide bonds. The van der Waals surface area contributed by atoms with Crippen LogP contribution in [0.2, 0.25) is 0 Å². The van der Waals surface area contributed by atoms with Crippen LogP contribution in [0.15, 0.2) is 0 Å². The molecule has 0 aliphatic heterocycles. The number of carbonyl (C=O) groups is 1. The molecule has 0 fully saturated rings. The molecule has 0 aromatic carbocycles. The minimum absolute atomic E-state index is 0.00673. The second-order valence-electron chi connectivity index (χ2n) is 6.26. The predicted molar refractivity (Wildman–Crippen MR) is 92.0 cm³/mol. The van der Waals surface area contributed by atoms with E-state index in [1.807, 2.05) is 0 Å². The van der Waals surface area contributed by atoms with Gasteiger partial charge in [0.15, 0.2) is 0 Å². The number of aliphatic hydroxyl groups excluding tert-OH is 1. The highest BCUT2D eigenvalue weighted by Gasteiger charge is 2.15. The molecule has 0 saturated carbocycles. The average Bonchev–Trinajstić information content (AvgIpc) is 2.47. The van der Waals surface area contributed by atoms with Crippen molar-refractivity contribution < 1.29 is 14.6 Å². The van der Waals surface area contributed by atoms with E-state index in [0.29, 0.717) is 6.42 Å². The number of hydrogen-bond donors (Lipinski definition) is 1. The number of nitrogens with zero attached hydrogens (tertiary/aromatic N) is 1. The molecule has 1 N–H and O–H groups in total. The summed E-state index contributed by atoms with van der Waals surface area (Å²) in [6.45, 7) is 6.30. The Kier molecular flexibility index (Phi) is 14.9. The minimum Gasteiger partial charge on any atom is -0.461 e. The first kappa shape index (κ1) is 21.4. The fourth-order valence-corrected chi connectivity index (χ4v) is 2.56. The SMILES string of the molecule is CCCCCCCC(=O)OC(CCC)CN(C)CCCCO. The maximum absolute atomic E-state index is 11.9. The fraction of sp³-hybridized carbons (Fsp3) is 0.944. The molecule has 0 aromatic heterocycles. The summed E-state index contributed by atoms with van der Waals surface area (Å²) in [7, 11) is 2.05. The number of aliphatic hydroxyl groups is 1. The van der Waals surface area contributed by atoms with Gasteiger partial charge in [0, 0.05) is 19.6 Å². The molecular formula is C18H37NO3. The molecule has 4 heteroatoms. The Morgan fingerprint density at radius 3 is 2.41 bits per heavy atom. The van der Waals surface area contributed by atoms with Crippen molar-refractivity contribution >= 4 is 5.97 Å². The van der Waals surface area contributed by atoms with Gasteiger partial charge in [0.2, 0.25) is 0 Å². The number of rotatable bonds is 15. The van der Waals surface area contributed by atoms with Gasteiger partial charge in [0.05, 0.1) is 0 Å². The molecule has 132 valence electrons. The highest BCUT2D eigenvalue weighted by Crippen LogP contribution is 2.10. The first-order valence-electron chi connectivity index (χ1n) is 9.12. The summed E-state index contributed by atoms with van der Waals surface area (Å²) in [5.74, 6) is -0.0429. The Morgan fingerprint density at radius 2 is 1.77 bits per heavy atom. The molecule has 0 aliphatic carbocycles. The zero-order valence-electron chi connectivity index (χ0n) is 15.0. The zero-order valence-corrected chi connectivity index (χ0v) is 15.0. The van der Waals surface area contributed by atoms with Crippen LogP contribution in [0.25, 0.3) is 0 Å². The molecule has 1 atom stereocenters. The van der Waals surface area contributed by atoms with E-state index in [9.17, 15) is 4.79 Å². The molecule has 0 bridgehead atoms. The summed E-state index contributed by atoms with van der Waals surface area (Å²) >= 11 is 0. The summed E-state index contributed by atoms with van der Waals surface area (Å²) < 4.78 is 5.64. The van der Waals surface area contributed by atoms with E-state index in [1.54, 1.807) is 0 Å². The molecule has 0 radical (unpaired) electrons. The molecule has 22 heavy (non-hydrogen) atoms. The maximum Gasteiger partial charge on any atom is 0.306 e. The Balaban J connectivity index is 3.92. The molecule has 0 rings (SSSR count). The third-order valence-electron chi connectivity index (χ3n) is 3.86. The van der Waals surface area contributed by atoms with E-state index >= 15 is 0 Å². The Labute approximate surface area is 137 Å². The van der Waals surface area contributed by atoms with Gasteiger partial charge in [-0.05, 0) is 39.3 Å². The van der Waals surface area contributed by atoms with Crippen LogP contribution >= 0.6 is 0 Å². The van der Waals surface area contributed by atoms with Crippen molar-refractivity contribution in [2.24, 2.45) is 0 Å². The van der Waals surface area contributed by atoms with Gasteiger partial charge in [-0.1, -0.05) is 46.0 Å². The van der Waals surface area contributed by atoms with Gasteiger partial charge in [-0.15, -0.1) is 0 Å². The van der Waals surface area contributed by atoms with Crippen LogP contribution in [-0.2, 0) is 9.53 Å². The van der Waals surface area contributed by atoms with Crippen molar-refractivity contribution in [3.05, 3.63) is 0 Å². The molecule has 0 saturated heterocycles. The van der Waals surface area contributed by atoms with Crippen molar-refractivity contribution in [2.45, 2.75) is 84.2 Å². The monoisotopic (exact) mass is 315 g/mol. The third kappa shape index (κ3) is 13.1. The Hall–Kier alpha value is -0.610. The number of carbonyl (C=O) groups excluding carboxylic acids is 1. The fourth-order valence-electron chi connectivity index (χ4n) is 2.56. The molecular weight excluding hydrogens is 278 g/mol. The van der Waals surface area contributed by atoms with Gasteiger partial charge in [0.1, 0.15) is 6.10 Å². The van der Waals surface area contributed by atoms with Crippen LogP contribution in [0.5, 0.6) is 0 Å². The van der Waals surface area contributed by atoms with E-state index < -0.39 is 0 Å². The van der Waals surface area contributed by atoms with Gasteiger partial charge in [-0.3, -0.25) is 4.79 Å². The number of unbranched alkanes of at least 4 members (excludes halogenated alkanes) is 5. The topological polar surface area (TPSA) is 49.8 Å². The van der Waals surface area contributed by atoms with E-state index in [-0.39, 0.29) is 18.7 Å². The van der Waals surface area contributed by atoms with Gasteiger partial charge < -0.3 is 14.7 Å². The molecule has 0 aromatic rings. The Bertz CT molecular complexity index is 259. The summed E-state index contributed by atoms with van der Waals surface area (Å²) in [6.07, 6.45) is 10.1. The molecule has 1 unspecified atom stereocenters. The quantitative estimate of drug-likeness (QED) is 0.369. The first-order chi connectivity index (χ1) is 10.6. The summed E-state index contributed by atoms with van der Waals surface area (Å²) in [4.78, 5) is 14.1. The summed E-state index contributed by atoms with van der Waals surface area (Å²) in [5, 5.41) is 8.81. The van der Waals surface area contributed by atoms with Gasteiger partial charge in [0.25, 0.3) is 0 Å². The lowest BCUT2D eigenvalue weighted by molar-refractivity contribution is -0.150. The molecule has 0 heterocycles. The number of ether oxygens (including phenoxy) is 1. The smallest absolute Gasteiger partial charge is 0.306 e. The number of esters is 1. The van der Waals surface area contributed by atoms with Crippen molar-refractivity contribution in [2.75, 3.05) is 26.7 Å². The third-order valence-corrected chi connectivity index (χ3v) is 3.86. The van der Waals surface area contributed by atoms with Crippen molar-refractivity contribution in [3.63, 3.8) is 0 Å². The Morgan fingerprint density at radius 1 is 1.05 bits per heavy atom. The highest BCUT2D eigenvalue weighted by molar-refractivity contribution is 5.69. The van der Waals surface area contributed by atoms with Crippen LogP contribution in [-0.4, -0.2) is 48.8 Å². The highest BCUT2D eigenvalue weighted by atomic mass is 16.5. The largest absolute Gasteiger partial charge is 0.461 e. The van der Waals surface area contributed by atoms with Crippen molar-refractivity contribution in [3.8, 4) is 0 Å². The van der Waals surface area contributed by atoms with Crippen LogP contribution in [0.1, 0.15) is 78.1 Å². The van der Waals surface area contributed by atoms with Crippen molar-refractivity contribution in [1.82, 2.24) is 4.90 Å². The molecule has 0 spiro atoms. The standard InChI is InChI=1S/C18H37NO3/c1-4-6-7-8-9-13-18(21)22-17(12-5-2)16-19(3)14-10-11-15-20/h17,20H,4-16H2,1-3H3. The van der Waals surface area contributed by atoms with E-state index in [0.717, 1.165) is 51.6 Å². The van der Waals surface area contributed by atoms with E-state index in [1.165, 1.54) is 19.3 Å². The summed E-state index contributed by atoms with van der Waals surface area (Å²) in [5.41, 5.74) is 0. The lowest BCUT2D eigenvalue weighted by Crippen LogP contribution is -2.33. The van der Waals surface area contributed by atoms with Gasteiger partial charge in [-0.25, -0.2) is 0 Å². The first-order valence-corrected chi connectivity index (χ1v) is 9.12. The predicted octanol–water partition coefficient (Wildman–Crippen LogP) is 3.76. The van der Waals surface area contributed by atoms with Gasteiger partial charge in [-0.2, -0.15) is 0 Å². The number of hydrogen-bond acceptors (Lipinski definition) is 4. The zero-order chi connectivity index (χ0) is 16.6. The van der Waals surface area contributed by atoms with Crippen LogP contribution < -0.4 is 0 Å². The van der Waals surface area contributed by atoms with E-state index in [4.69, 9.17) is 9.84 Å². The minimum atomic E-state index is -0.0429. The van der Waals surface area contributed by atoms with Crippen molar-refractivity contribution in [1.29, 1.82) is 0 Å². The normalized spacial score (nSPS) is 12.6. The van der Waals surface area contributed by atoms with Crippen LogP contribution in [0.3, 0.4) is 0 Å².